The molecule has 2 N–H and O–H groups in total. The second-order valence-electron chi connectivity index (χ2n) is 6.93. The van der Waals surface area contributed by atoms with Gasteiger partial charge in [-0.3, -0.25) is 14.6 Å². The summed E-state index contributed by atoms with van der Waals surface area (Å²) in [6.45, 7) is 7.42. The molecule has 6 nitrogen and oxygen atoms in total. The molecule has 1 aromatic heterocycles. The van der Waals surface area contributed by atoms with Crippen LogP contribution in [-0.4, -0.2) is 46.2 Å². The highest BCUT2D eigenvalue weighted by Gasteiger charge is 2.35. The number of fused-ring (bicyclic) bond motifs is 1. The van der Waals surface area contributed by atoms with Crippen LogP contribution in [0.5, 0.6) is 0 Å². The maximum absolute atomic E-state index is 13.3. The van der Waals surface area contributed by atoms with Gasteiger partial charge in [0, 0.05) is 46.5 Å². The first-order chi connectivity index (χ1) is 13.8. The molecule has 1 aromatic carbocycles. The monoisotopic (exact) mass is 434 g/mol. The van der Waals surface area contributed by atoms with E-state index in [-0.39, 0.29) is 31.4 Å². The van der Waals surface area contributed by atoms with E-state index in [0.29, 0.717) is 45.5 Å². The highest BCUT2D eigenvalue weighted by atomic mass is 35.5. The molecule has 0 fully saturated rings. The van der Waals surface area contributed by atoms with Gasteiger partial charge >= 0.3 is 0 Å². The molecule has 2 amide bonds. The topological polar surface area (TPSA) is 79.5 Å². The van der Waals surface area contributed by atoms with Crippen molar-refractivity contribution < 1.29 is 9.59 Å². The number of pyridine rings is 1. The van der Waals surface area contributed by atoms with Crippen LogP contribution in [0, 0.1) is 6.92 Å². The number of carbonyl (C=O) groups excluding carboxylic acids is 2. The molecule has 0 saturated carbocycles. The van der Waals surface area contributed by atoms with E-state index in [1.54, 1.807) is 23.1 Å². The van der Waals surface area contributed by atoms with Crippen molar-refractivity contribution in [3.63, 3.8) is 0 Å². The Labute approximate surface area is 180 Å². The van der Waals surface area contributed by atoms with Crippen LogP contribution in [0.3, 0.4) is 0 Å². The fraction of sp³-hybridized carbons (Fsp3) is 0.381. The maximum Gasteiger partial charge on any atom is 0.257 e. The van der Waals surface area contributed by atoms with E-state index in [9.17, 15) is 9.59 Å². The third kappa shape index (κ3) is 3.97. The number of rotatable bonds is 6. The molecule has 0 atom stereocenters. The number of carbonyl (C=O) groups is 2. The third-order valence-corrected chi connectivity index (χ3v) is 5.82. The largest absolute Gasteiger partial charge is 0.342 e. The Hall–Kier alpha value is -2.15. The van der Waals surface area contributed by atoms with Gasteiger partial charge in [0.25, 0.3) is 5.91 Å². The summed E-state index contributed by atoms with van der Waals surface area (Å²) < 4.78 is 0. The fourth-order valence-corrected chi connectivity index (χ4v) is 4.27. The van der Waals surface area contributed by atoms with Gasteiger partial charge in [0.2, 0.25) is 5.91 Å². The minimum Gasteiger partial charge on any atom is -0.342 e. The van der Waals surface area contributed by atoms with E-state index in [4.69, 9.17) is 28.9 Å². The van der Waals surface area contributed by atoms with Gasteiger partial charge in [0.1, 0.15) is 6.54 Å². The Morgan fingerprint density at radius 1 is 1.24 bits per heavy atom. The van der Waals surface area contributed by atoms with Crippen LogP contribution in [0.25, 0.3) is 11.1 Å². The molecule has 0 saturated heterocycles. The van der Waals surface area contributed by atoms with E-state index in [0.717, 1.165) is 11.3 Å². The standard InChI is InChI=1S/C21H24Cl2N4O2/c1-4-26(5-2)18(28)11-27-10-17-20(21(27)29)19(15(9-24)12(3)25-17)14-7-6-13(22)8-16(14)23/h6-8H,4-5,9-11,24H2,1-3H3. The Balaban J connectivity index is 2.09. The highest BCUT2D eigenvalue weighted by Crippen LogP contribution is 2.39. The van der Waals surface area contributed by atoms with E-state index in [2.05, 4.69) is 4.98 Å². The molecule has 0 bridgehead atoms. The summed E-state index contributed by atoms with van der Waals surface area (Å²) in [5, 5.41) is 0.943. The number of aryl methyl sites for hydroxylation is 1. The van der Waals surface area contributed by atoms with Gasteiger partial charge in [-0.1, -0.05) is 29.3 Å². The summed E-state index contributed by atoms with van der Waals surface area (Å²) in [4.78, 5) is 33.7. The van der Waals surface area contributed by atoms with Gasteiger partial charge in [-0.25, -0.2) is 0 Å². The molecule has 154 valence electrons. The van der Waals surface area contributed by atoms with Gasteiger partial charge in [0.15, 0.2) is 0 Å². The SMILES string of the molecule is CCN(CC)C(=O)CN1Cc2nc(C)c(CN)c(-c3ccc(Cl)cc3Cl)c2C1=O. The number of hydrogen-bond acceptors (Lipinski definition) is 4. The smallest absolute Gasteiger partial charge is 0.257 e. The van der Waals surface area contributed by atoms with Crippen molar-refractivity contribution in [3.8, 4) is 11.1 Å². The summed E-state index contributed by atoms with van der Waals surface area (Å²) in [6, 6.07) is 5.16. The highest BCUT2D eigenvalue weighted by molar-refractivity contribution is 6.36. The van der Waals surface area contributed by atoms with Crippen molar-refractivity contribution in [2.75, 3.05) is 19.6 Å². The number of likely N-dealkylation sites (N-methyl/N-ethyl adjacent to an activating group) is 1. The average Bonchev–Trinajstić information content (AvgIpc) is 2.97. The first-order valence-electron chi connectivity index (χ1n) is 9.57. The fourth-order valence-electron chi connectivity index (χ4n) is 3.76. The normalized spacial score (nSPS) is 13.0. The molecular weight excluding hydrogens is 411 g/mol. The summed E-state index contributed by atoms with van der Waals surface area (Å²) in [7, 11) is 0. The molecule has 29 heavy (non-hydrogen) atoms. The second-order valence-corrected chi connectivity index (χ2v) is 7.77. The molecule has 2 aromatic rings. The predicted molar refractivity (Wildman–Crippen MR) is 115 cm³/mol. The first kappa shape index (κ1) is 21.6. The van der Waals surface area contributed by atoms with Gasteiger partial charge < -0.3 is 15.5 Å². The Morgan fingerprint density at radius 2 is 1.93 bits per heavy atom. The molecule has 1 aliphatic rings. The minimum atomic E-state index is -0.233. The van der Waals surface area contributed by atoms with Crippen molar-refractivity contribution >= 4 is 35.0 Å². The van der Waals surface area contributed by atoms with E-state index in [1.165, 1.54) is 4.90 Å². The Kier molecular flexibility index (Phi) is 6.46. The summed E-state index contributed by atoms with van der Waals surface area (Å²) in [5.41, 5.74) is 9.98. The molecule has 8 heteroatoms. The van der Waals surface area contributed by atoms with Crippen LogP contribution >= 0.6 is 23.2 Å². The zero-order chi connectivity index (χ0) is 21.3. The zero-order valence-electron chi connectivity index (χ0n) is 16.8. The minimum absolute atomic E-state index is 0.0155. The van der Waals surface area contributed by atoms with Crippen LogP contribution < -0.4 is 5.73 Å². The first-order valence-corrected chi connectivity index (χ1v) is 10.3. The van der Waals surface area contributed by atoms with Crippen molar-refractivity contribution in [1.29, 1.82) is 0 Å². The van der Waals surface area contributed by atoms with E-state index in [1.807, 2.05) is 20.8 Å². The predicted octanol–water partition coefficient (Wildman–Crippen LogP) is 3.65. The molecule has 3 rings (SSSR count). The molecule has 1 aliphatic heterocycles. The summed E-state index contributed by atoms with van der Waals surface area (Å²) in [5.74, 6) is -0.318. The van der Waals surface area contributed by atoms with Gasteiger partial charge in [-0.2, -0.15) is 0 Å². The number of nitrogens with zero attached hydrogens (tertiary/aromatic N) is 3. The molecular formula is C21H24Cl2N4O2. The van der Waals surface area contributed by atoms with Crippen LogP contribution in [0.4, 0.5) is 0 Å². The van der Waals surface area contributed by atoms with Gasteiger partial charge in [-0.15, -0.1) is 0 Å². The van der Waals surface area contributed by atoms with E-state index >= 15 is 0 Å². The Bertz CT molecular complexity index is 974. The number of hydrogen-bond donors (Lipinski definition) is 1. The van der Waals surface area contributed by atoms with Crippen molar-refractivity contribution in [2.45, 2.75) is 33.9 Å². The summed E-state index contributed by atoms with van der Waals surface area (Å²) >= 11 is 12.5. The number of aromatic nitrogens is 1. The van der Waals surface area contributed by atoms with Gasteiger partial charge in [-0.05, 0) is 38.5 Å². The third-order valence-electron chi connectivity index (χ3n) is 5.27. The van der Waals surface area contributed by atoms with Crippen LogP contribution in [0.1, 0.15) is 41.2 Å². The number of halogens is 2. The van der Waals surface area contributed by atoms with Crippen LogP contribution in [-0.2, 0) is 17.9 Å². The van der Waals surface area contributed by atoms with Crippen LogP contribution in [0.2, 0.25) is 10.0 Å². The number of benzene rings is 1. The van der Waals surface area contributed by atoms with Gasteiger partial charge in [0.05, 0.1) is 17.8 Å². The van der Waals surface area contributed by atoms with Crippen molar-refractivity contribution in [2.24, 2.45) is 5.73 Å². The van der Waals surface area contributed by atoms with Crippen LogP contribution in [0.15, 0.2) is 18.2 Å². The molecule has 0 radical (unpaired) electrons. The van der Waals surface area contributed by atoms with Crippen molar-refractivity contribution in [3.05, 3.63) is 50.8 Å². The molecule has 2 heterocycles. The summed E-state index contributed by atoms with van der Waals surface area (Å²) in [6.07, 6.45) is 0. The lowest BCUT2D eigenvalue weighted by molar-refractivity contribution is -0.131. The number of nitrogens with two attached hydrogens (primary N) is 1. The molecule has 0 spiro atoms. The van der Waals surface area contributed by atoms with Crippen molar-refractivity contribution in [1.82, 2.24) is 14.8 Å². The van der Waals surface area contributed by atoms with E-state index < -0.39 is 0 Å². The Morgan fingerprint density at radius 3 is 2.52 bits per heavy atom. The average molecular weight is 435 g/mol. The second kappa shape index (κ2) is 8.69. The maximum atomic E-state index is 13.3. The lowest BCUT2D eigenvalue weighted by Gasteiger charge is -2.22. The molecule has 0 aliphatic carbocycles. The quantitative estimate of drug-likeness (QED) is 0.752. The lowest BCUT2D eigenvalue weighted by atomic mass is 9.93. The lowest BCUT2D eigenvalue weighted by Crippen LogP contribution is -2.40. The molecule has 0 unspecified atom stereocenters. The number of amides is 2. The zero-order valence-corrected chi connectivity index (χ0v) is 18.3.